The van der Waals surface area contributed by atoms with Gasteiger partial charge < -0.3 is 35.6 Å². The first-order valence-corrected chi connectivity index (χ1v) is 14.9. The van der Waals surface area contributed by atoms with Gasteiger partial charge in [-0.15, -0.1) is 0 Å². The third-order valence-corrected chi connectivity index (χ3v) is 7.89. The lowest BCUT2D eigenvalue weighted by Gasteiger charge is -2.27. The van der Waals surface area contributed by atoms with Crippen LogP contribution in [0, 0.1) is 0 Å². The van der Waals surface area contributed by atoms with Gasteiger partial charge in [-0.05, 0) is 86.0 Å². The molecule has 4 N–H and O–H groups in total. The van der Waals surface area contributed by atoms with Crippen LogP contribution < -0.4 is 21.3 Å². The van der Waals surface area contributed by atoms with Gasteiger partial charge in [-0.3, -0.25) is 14.4 Å². The number of rotatable bonds is 9. The van der Waals surface area contributed by atoms with Gasteiger partial charge in [0, 0.05) is 36.6 Å². The summed E-state index contributed by atoms with van der Waals surface area (Å²) in [6.45, 7) is 0.585. The smallest absolute Gasteiger partial charge is 0.260 e. The van der Waals surface area contributed by atoms with E-state index < -0.39 is 18.0 Å². The average molecular weight is 667 g/mol. The van der Waals surface area contributed by atoms with Crippen molar-refractivity contribution in [3.05, 3.63) is 69.7 Å². The van der Waals surface area contributed by atoms with Gasteiger partial charge >= 0.3 is 0 Å². The number of ether oxygens (including phenoxy) is 2. The van der Waals surface area contributed by atoms with Crippen LogP contribution in [-0.4, -0.2) is 72.9 Å². The van der Waals surface area contributed by atoms with E-state index in [1.54, 1.807) is 49.5 Å². The van der Waals surface area contributed by atoms with E-state index >= 15 is 0 Å². The number of methoxy groups -OCH3 is 2. The molecule has 14 heteroatoms. The molecule has 2 aromatic rings. The van der Waals surface area contributed by atoms with Gasteiger partial charge in [0.05, 0.1) is 30.3 Å². The molecule has 1 aliphatic rings. The van der Waals surface area contributed by atoms with Crippen LogP contribution in [0.1, 0.15) is 35.2 Å². The second-order valence-corrected chi connectivity index (χ2v) is 11.2. The molecule has 1 fully saturated rings. The average Bonchev–Trinajstić information content (AvgIpc) is 3.19. The summed E-state index contributed by atoms with van der Waals surface area (Å²) in [7, 11) is 4.48. The quantitative estimate of drug-likeness (QED) is 0.223. The second kappa shape index (κ2) is 16.4. The first-order valence-electron chi connectivity index (χ1n) is 13.3. The highest BCUT2D eigenvalue weighted by atomic mass is 35.5. The first-order chi connectivity index (χ1) is 20.5. The molecule has 1 aliphatic heterocycles. The summed E-state index contributed by atoms with van der Waals surface area (Å²) in [5, 5.41) is 12.4. The van der Waals surface area contributed by atoms with Crippen molar-refractivity contribution in [2.45, 2.75) is 37.8 Å². The summed E-state index contributed by atoms with van der Waals surface area (Å²) in [4.78, 5) is 40.5. The van der Waals surface area contributed by atoms with Crippen molar-refractivity contribution in [2.75, 3.05) is 38.4 Å². The molecule has 10 nitrogen and oxygen atoms in total. The Kier molecular flexibility index (Phi) is 13.0. The zero-order valence-corrected chi connectivity index (χ0v) is 27.0. The van der Waals surface area contributed by atoms with Gasteiger partial charge in [0.15, 0.2) is 0 Å². The highest BCUT2D eigenvalue weighted by molar-refractivity contribution is 7.80. The standard InChI is InChI=1S/C29H33Cl2N5O5S2/c1-36(27(39)18-14-19(33-28(42)40-2)16-20(15-18)34-29(43)41-3)21(12-17-7-9-22(30)23(31)13-17)8-10-25(37)35-24-6-4-5-11-32-26(24)38/h7-10,13-16,21,24H,4-6,11-12H2,1-3H3,(H,32,38)(H,33,42)(H,34,43)(H,35,37)/b10-8+/t21-,24+/m0/s1. The number of hydrogen-bond donors (Lipinski definition) is 4. The summed E-state index contributed by atoms with van der Waals surface area (Å²) in [5.41, 5.74) is 2.04. The van der Waals surface area contributed by atoms with E-state index in [9.17, 15) is 14.4 Å². The lowest BCUT2D eigenvalue weighted by Crippen LogP contribution is -2.45. The summed E-state index contributed by atoms with van der Waals surface area (Å²) in [6, 6.07) is 8.89. The molecule has 0 saturated carbocycles. The van der Waals surface area contributed by atoms with Crippen molar-refractivity contribution >= 4 is 87.1 Å². The highest BCUT2D eigenvalue weighted by Gasteiger charge is 2.24. The van der Waals surface area contributed by atoms with E-state index in [2.05, 4.69) is 21.3 Å². The van der Waals surface area contributed by atoms with Crippen molar-refractivity contribution in [1.82, 2.24) is 15.5 Å². The van der Waals surface area contributed by atoms with E-state index in [1.165, 1.54) is 25.2 Å². The maximum Gasteiger partial charge on any atom is 0.260 e. The van der Waals surface area contributed by atoms with Crippen LogP contribution in [0.3, 0.4) is 0 Å². The maximum absolute atomic E-state index is 13.9. The highest BCUT2D eigenvalue weighted by Crippen LogP contribution is 2.25. The minimum atomic E-state index is -0.620. The fraction of sp³-hybridized carbons (Fsp3) is 0.345. The molecule has 2 atom stereocenters. The van der Waals surface area contributed by atoms with Gasteiger partial charge in [0.1, 0.15) is 6.04 Å². The number of nitrogens with zero attached hydrogens (tertiary/aromatic N) is 1. The number of carbonyl (C=O) groups is 3. The van der Waals surface area contributed by atoms with Crippen molar-refractivity contribution in [2.24, 2.45) is 0 Å². The van der Waals surface area contributed by atoms with Crippen LogP contribution in [-0.2, 0) is 25.5 Å². The molecule has 3 rings (SSSR count). The molecule has 0 unspecified atom stereocenters. The Balaban J connectivity index is 1.91. The number of likely N-dealkylation sites (N-methyl/N-ethyl adjacent to an activating group) is 1. The van der Waals surface area contributed by atoms with E-state index in [-0.39, 0.29) is 22.2 Å². The SMILES string of the molecule is COC(=S)Nc1cc(NC(=S)OC)cc(C(=O)N(C)[C@@H](/C=C/C(=O)N[C@@H]2CCCCNC2=O)Cc2ccc(Cl)c(Cl)c2)c1. The van der Waals surface area contributed by atoms with E-state index in [1.807, 2.05) is 0 Å². The maximum atomic E-state index is 13.9. The largest absolute Gasteiger partial charge is 0.474 e. The van der Waals surface area contributed by atoms with Gasteiger partial charge in [-0.2, -0.15) is 0 Å². The van der Waals surface area contributed by atoms with Gasteiger partial charge in [0.25, 0.3) is 16.3 Å². The Morgan fingerprint density at radius 2 is 1.70 bits per heavy atom. The predicted molar refractivity (Wildman–Crippen MR) is 177 cm³/mol. The minimum absolute atomic E-state index is 0.104. The zero-order valence-electron chi connectivity index (χ0n) is 23.9. The number of benzene rings is 2. The lowest BCUT2D eigenvalue weighted by atomic mass is 10.0. The Labute approximate surface area is 271 Å². The minimum Gasteiger partial charge on any atom is -0.474 e. The predicted octanol–water partition coefficient (Wildman–Crippen LogP) is 4.70. The molecular formula is C29H33Cl2N5O5S2. The molecule has 1 heterocycles. The van der Waals surface area contributed by atoms with Crippen LogP contribution in [0.2, 0.25) is 10.0 Å². The number of halogens is 2. The van der Waals surface area contributed by atoms with Crippen molar-refractivity contribution in [1.29, 1.82) is 0 Å². The van der Waals surface area contributed by atoms with Crippen LogP contribution in [0.4, 0.5) is 11.4 Å². The second-order valence-electron chi connectivity index (χ2n) is 9.68. The van der Waals surface area contributed by atoms with Crippen molar-refractivity contribution in [3.63, 3.8) is 0 Å². The third kappa shape index (κ3) is 10.3. The van der Waals surface area contributed by atoms with Crippen molar-refractivity contribution in [3.8, 4) is 0 Å². The molecule has 1 saturated heterocycles. The van der Waals surface area contributed by atoms with Crippen LogP contribution >= 0.6 is 47.6 Å². The number of carbonyl (C=O) groups excluding carboxylic acids is 3. The third-order valence-electron chi connectivity index (χ3n) is 6.61. The van der Waals surface area contributed by atoms with Crippen LogP contribution in [0.25, 0.3) is 0 Å². The van der Waals surface area contributed by atoms with E-state index in [0.29, 0.717) is 46.4 Å². The fourth-order valence-electron chi connectivity index (χ4n) is 4.32. The first kappa shape index (κ1) is 34.0. The Morgan fingerprint density at radius 3 is 2.30 bits per heavy atom. The number of thiocarbonyl (C=S) groups is 2. The van der Waals surface area contributed by atoms with E-state index in [4.69, 9.17) is 57.1 Å². The lowest BCUT2D eigenvalue weighted by molar-refractivity contribution is -0.126. The van der Waals surface area contributed by atoms with Gasteiger partial charge in [0.2, 0.25) is 11.8 Å². The zero-order chi connectivity index (χ0) is 31.5. The van der Waals surface area contributed by atoms with Gasteiger partial charge in [-0.1, -0.05) is 35.3 Å². The Morgan fingerprint density at radius 1 is 1.05 bits per heavy atom. The number of anilines is 2. The Bertz CT molecular complexity index is 1370. The Hall–Kier alpha value is -3.45. The van der Waals surface area contributed by atoms with E-state index in [0.717, 1.165) is 18.4 Å². The number of amides is 3. The number of hydrogen-bond acceptors (Lipinski definition) is 7. The van der Waals surface area contributed by atoms with Gasteiger partial charge in [-0.25, -0.2) is 0 Å². The topological polar surface area (TPSA) is 121 Å². The summed E-state index contributed by atoms with van der Waals surface area (Å²) in [5.74, 6) is -1.02. The molecule has 0 aromatic heterocycles. The number of nitrogens with one attached hydrogen (secondary N) is 4. The normalized spacial score (nSPS) is 15.5. The molecule has 0 aliphatic carbocycles. The molecule has 43 heavy (non-hydrogen) atoms. The molecule has 3 amide bonds. The molecule has 0 bridgehead atoms. The van der Waals surface area contributed by atoms with Crippen molar-refractivity contribution < 1.29 is 23.9 Å². The summed E-state index contributed by atoms with van der Waals surface area (Å²) in [6.07, 6.45) is 5.50. The summed E-state index contributed by atoms with van der Waals surface area (Å²) >= 11 is 22.6. The molecule has 2 aromatic carbocycles. The molecule has 0 radical (unpaired) electrons. The monoisotopic (exact) mass is 665 g/mol. The summed E-state index contributed by atoms with van der Waals surface area (Å²) < 4.78 is 10.1. The van der Waals surface area contributed by atoms with Crippen LogP contribution in [0.5, 0.6) is 0 Å². The molecule has 230 valence electrons. The van der Waals surface area contributed by atoms with Crippen LogP contribution in [0.15, 0.2) is 48.6 Å². The fourth-order valence-corrected chi connectivity index (χ4v) is 4.88. The molecular weight excluding hydrogens is 633 g/mol. The molecule has 0 spiro atoms.